The maximum atomic E-state index is 11.2. The topological polar surface area (TPSA) is 60.8 Å². The Balaban J connectivity index is 2.64. The summed E-state index contributed by atoms with van der Waals surface area (Å²) in [7, 11) is 1.64. The molecular formula is C9H9NO3. The third-order valence-corrected chi connectivity index (χ3v) is 2.30. The maximum Gasteiger partial charge on any atom is 0.231 e. The summed E-state index contributed by atoms with van der Waals surface area (Å²) in [6.45, 7) is 0. The molecule has 2 N–H and O–H groups in total. The number of likely N-dealkylation sites (N-methyl/N-ethyl adjacent to an activating group) is 1. The molecule has 1 aliphatic heterocycles. The van der Waals surface area contributed by atoms with Gasteiger partial charge in [-0.3, -0.25) is 4.79 Å². The van der Waals surface area contributed by atoms with E-state index in [9.17, 15) is 15.0 Å². The first kappa shape index (κ1) is 7.91. The molecule has 0 unspecified atom stereocenters. The predicted molar refractivity (Wildman–Crippen MR) is 46.9 cm³/mol. The van der Waals surface area contributed by atoms with Crippen LogP contribution in [0.15, 0.2) is 12.1 Å². The van der Waals surface area contributed by atoms with Gasteiger partial charge in [0.15, 0.2) is 11.5 Å². The number of hydrogen-bond donors (Lipinski definition) is 2. The first-order valence-corrected chi connectivity index (χ1v) is 3.91. The molecule has 0 spiro atoms. The zero-order valence-electron chi connectivity index (χ0n) is 7.11. The number of hydrogen-bond acceptors (Lipinski definition) is 3. The van der Waals surface area contributed by atoms with Crippen molar-refractivity contribution in [2.75, 3.05) is 11.9 Å². The van der Waals surface area contributed by atoms with Crippen molar-refractivity contribution in [3.8, 4) is 11.5 Å². The summed E-state index contributed by atoms with van der Waals surface area (Å²) in [6.07, 6.45) is 0.159. The second-order valence-electron chi connectivity index (χ2n) is 3.06. The molecule has 1 aliphatic rings. The molecule has 1 aromatic carbocycles. The van der Waals surface area contributed by atoms with Gasteiger partial charge in [0.25, 0.3) is 0 Å². The third-order valence-electron chi connectivity index (χ3n) is 2.30. The van der Waals surface area contributed by atoms with Crippen LogP contribution in [0.3, 0.4) is 0 Å². The maximum absolute atomic E-state index is 11.2. The molecule has 0 aromatic heterocycles. The van der Waals surface area contributed by atoms with E-state index in [0.717, 1.165) is 0 Å². The number of carbonyl (C=O) groups is 1. The SMILES string of the molecule is CN1C(=O)Cc2c1ccc(O)c2O. The van der Waals surface area contributed by atoms with E-state index in [1.807, 2.05) is 0 Å². The van der Waals surface area contributed by atoms with E-state index < -0.39 is 0 Å². The fraction of sp³-hybridized carbons (Fsp3) is 0.222. The lowest BCUT2D eigenvalue weighted by Gasteiger charge is -2.10. The molecule has 1 amide bonds. The fourth-order valence-electron chi connectivity index (χ4n) is 1.51. The van der Waals surface area contributed by atoms with Gasteiger partial charge in [0, 0.05) is 12.6 Å². The minimum Gasteiger partial charge on any atom is -0.504 e. The van der Waals surface area contributed by atoms with Crippen molar-refractivity contribution in [3.63, 3.8) is 0 Å². The van der Waals surface area contributed by atoms with Crippen LogP contribution in [-0.2, 0) is 11.2 Å². The summed E-state index contributed by atoms with van der Waals surface area (Å²) in [5.74, 6) is -0.437. The molecule has 0 radical (unpaired) electrons. The zero-order valence-corrected chi connectivity index (χ0v) is 7.11. The lowest BCUT2D eigenvalue weighted by Crippen LogP contribution is -2.20. The summed E-state index contributed by atoms with van der Waals surface area (Å²) < 4.78 is 0. The van der Waals surface area contributed by atoms with E-state index in [4.69, 9.17) is 0 Å². The predicted octanol–water partition coefficient (Wildman–Crippen LogP) is 0.617. The molecule has 1 aromatic rings. The number of fused-ring (bicyclic) bond motifs is 1. The highest BCUT2D eigenvalue weighted by molar-refractivity contribution is 6.02. The number of anilines is 1. The van der Waals surface area contributed by atoms with Crippen molar-refractivity contribution < 1.29 is 15.0 Å². The highest BCUT2D eigenvalue weighted by atomic mass is 16.3. The summed E-state index contributed by atoms with van der Waals surface area (Å²) in [5.41, 5.74) is 1.17. The van der Waals surface area contributed by atoms with Crippen molar-refractivity contribution in [2.45, 2.75) is 6.42 Å². The van der Waals surface area contributed by atoms with Gasteiger partial charge in [0.1, 0.15) is 0 Å². The van der Waals surface area contributed by atoms with Gasteiger partial charge < -0.3 is 15.1 Å². The number of phenols is 2. The molecule has 4 heteroatoms. The molecule has 0 saturated heterocycles. The molecule has 13 heavy (non-hydrogen) atoms. The van der Waals surface area contributed by atoms with Gasteiger partial charge in [-0.1, -0.05) is 0 Å². The van der Waals surface area contributed by atoms with Crippen molar-refractivity contribution in [1.29, 1.82) is 0 Å². The highest BCUT2D eigenvalue weighted by Crippen LogP contribution is 2.39. The van der Waals surface area contributed by atoms with Gasteiger partial charge in [0.05, 0.1) is 12.1 Å². The van der Waals surface area contributed by atoms with E-state index in [0.29, 0.717) is 11.3 Å². The Labute approximate surface area is 75.0 Å². The Hall–Kier alpha value is -1.71. The van der Waals surface area contributed by atoms with Gasteiger partial charge in [-0.2, -0.15) is 0 Å². The minimum atomic E-state index is -0.185. The van der Waals surface area contributed by atoms with Gasteiger partial charge in [-0.05, 0) is 12.1 Å². The summed E-state index contributed by atoms with van der Waals surface area (Å²) >= 11 is 0. The van der Waals surface area contributed by atoms with Crippen LogP contribution in [-0.4, -0.2) is 23.2 Å². The van der Waals surface area contributed by atoms with Crippen molar-refractivity contribution >= 4 is 11.6 Å². The van der Waals surface area contributed by atoms with Gasteiger partial charge in [-0.15, -0.1) is 0 Å². The van der Waals surface area contributed by atoms with Crippen LogP contribution >= 0.6 is 0 Å². The van der Waals surface area contributed by atoms with Gasteiger partial charge in [0.2, 0.25) is 5.91 Å². The number of rotatable bonds is 0. The molecule has 0 aliphatic carbocycles. The molecule has 0 saturated carbocycles. The van der Waals surface area contributed by atoms with E-state index >= 15 is 0 Å². The van der Waals surface area contributed by atoms with Crippen molar-refractivity contribution in [1.82, 2.24) is 0 Å². The Morgan fingerprint density at radius 2 is 2.08 bits per heavy atom. The number of benzene rings is 1. The van der Waals surface area contributed by atoms with Gasteiger partial charge >= 0.3 is 0 Å². The van der Waals surface area contributed by atoms with Crippen LogP contribution in [0.25, 0.3) is 0 Å². The normalized spacial score (nSPS) is 14.8. The minimum absolute atomic E-state index is 0.0732. The standard InChI is InChI=1S/C9H9NO3/c1-10-6-2-3-7(11)9(13)5(6)4-8(10)12/h2-3,11,13H,4H2,1H3. The molecule has 0 bridgehead atoms. The monoisotopic (exact) mass is 179 g/mol. The van der Waals surface area contributed by atoms with Crippen LogP contribution in [0.1, 0.15) is 5.56 Å². The Morgan fingerprint density at radius 3 is 2.77 bits per heavy atom. The smallest absolute Gasteiger partial charge is 0.231 e. The lowest BCUT2D eigenvalue weighted by atomic mass is 10.1. The second-order valence-corrected chi connectivity index (χ2v) is 3.06. The van der Waals surface area contributed by atoms with E-state index in [1.165, 1.54) is 11.0 Å². The zero-order chi connectivity index (χ0) is 9.59. The number of amides is 1. The largest absolute Gasteiger partial charge is 0.504 e. The van der Waals surface area contributed by atoms with Crippen LogP contribution in [0, 0.1) is 0 Å². The Morgan fingerprint density at radius 1 is 1.38 bits per heavy atom. The number of nitrogens with zero attached hydrogens (tertiary/aromatic N) is 1. The lowest BCUT2D eigenvalue weighted by molar-refractivity contribution is -0.117. The van der Waals surface area contributed by atoms with Crippen LogP contribution < -0.4 is 4.90 Å². The Kier molecular flexibility index (Phi) is 1.45. The van der Waals surface area contributed by atoms with Crippen molar-refractivity contribution in [2.24, 2.45) is 0 Å². The molecule has 2 rings (SSSR count). The second kappa shape index (κ2) is 2.39. The summed E-state index contributed by atoms with van der Waals surface area (Å²) in [4.78, 5) is 12.7. The van der Waals surface area contributed by atoms with E-state index in [-0.39, 0.29) is 23.8 Å². The number of aromatic hydroxyl groups is 2. The average Bonchev–Trinajstić information content (AvgIpc) is 2.38. The molecular weight excluding hydrogens is 170 g/mol. The average molecular weight is 179 g/mol. The quantitative estimate of drug-likeness (QED) is 0.574. The first-order chi connectivity index (χ1) is 6.11. The summed E-state index contributed by atoms with van der Waals surface area (Å²) in [6, 6.07) is 3.00. The molecule has 1 heterocycles. The number of phenolic OH excluding ortho intramolecular Hbond substituents is 2. The molecule has 0 fully saturated rings. The highest BCUT2D eigenvalue weighted by Gasteiger charge is 2.27. The van der Waals surface area contributed by atoms with Crippen molar-refractivity contribution in [3.05, 3.63) is 17.7 Å². The van der Waals surface area contributed by atoms with E-state index in [1.54, 1.807) is 13.1 Å². The fourth-order valence-corrected chi connectivity index (χ4v) is 1.51. The Bertz CT molecular complexity index is 387. The van der Waals surface area contributed by atoms with Crippen LogP contribution in [0.2, 0.25) is 0 Å². The molecule has 0 atom stereocenters. The van der Waals surface area contributed by atoms with Crippen LogP contribution in [0.5, 0.6) is 11.5 Å². The van der Waals surface area contributed by atoms with Gasteiger partial charge in [-0.25, -0.2) is 0 Å². The van der Waals surface area contributed by atoms with E-state index in [2.05, 4.69) is 0 Å². The summed E-state index contributed by atoms with van der Waals surface area (Å²) in [5, 5.41) is 18.6. The molecule has 68 valence electrons. The third kappa shape index (κ3) is 0.950. The molecule has 4 nitrogen and oxygen atoms in total. The first-order valence-electron chi connectivity index (χ1n) is 3.91. The number of carbonyl (C=O) groups excluding carboxylic acids is 1. The van der Waals surface area contributed by atoms with Crippen LogP contribution in [0.4, 0.5) is 5.69 Å².